The Morgan fingerprint density at radius 2 is 2.27 bits per heavy atom. The lowest BCUT2D eigenvalue weighted by molar-refractivity contribution is 0.550. The van der Waals surface area contributed by atoms with Crippen molar-refractivity contribution in [1.82, 2.24) is 9.78 Å². The zero-order valence-corrected chi connectivity index (χ0v) is 9.62. The first-order valence-corrected chi connectivity index (χ1v) is 5.34. The van der Waals surface area contributed by atoms with Crippen molar-refractivity contribution in [3.63, 3.8) is 0 Å². The third kappa shape index (κ3) is 1.85. The van der Waals surface area contributed by atoms with Gasteiger partial charge in [-0.05, 0) is 19.9 Å². The number of nitrogens with two attached hydrogens (primary N) is 1. The molecule has 0 radical (unpaired) electrons. The number of benzene rings is 1. The first-order chi connectivity index (χ1) is 7.09. The Labute approximate surface area is 93.8 Å². The van der Waals surface area contributed by atoms with Gasteiger partial charge in [-0.15, -0.1) is 0 Å². The summed E-state index contributed by atoms with van der Waals surface area (Å²) in [5.41, 5.74) is 7.75. The van der Waals surface area contributed by atoms with Gasteiger partial charge in [0.2, 0.25) is 0 Å². The average Bonchev–Trinajstić information content (AvgIpc) is 2.44. The van der Waals surface area contributed by atoms with Crippen LogP contribution in [-0.2, 0) is 6.54 Å². The van der Waals surface area contributed by atoms with Crippen molar-refractivity contribution >= 4 is 22.5 Å². The maximum atomic E-state index is 6.16. The number of rotatable bonds is 2. The summed E-state index contributed by atoms with van der Waals surface area (Å²) in [6.07, 6.45) is 0. The Hall–Kier alpha value is -1.06. The maximum Gasteiger partial charge on any atom is 0.0872 e. The highest BCUT2D eigenvalue weighted by molar-refractivity contribution is 6.35. The summed E-state index contributed by atoms with van der Waals surface area (Å²) in [5.74, 6) is 0. The van der Waals surface area contributed by atoms with Crippen LogP contribution >= 0.6 is 11.6 Å². The zero-order valence-electron chi connectivity index (χ0n) is 8.87. The molecule has 1 unspecified atom stereocenters. The summed E-state index contributed by atoms with van der Waals surface area (Å²) in [6, 6.07) is 5.92. The minimum atomic E-state index is 0.0729. The normalized spacial score (nSPS) is 13.3. The fourth-order valence-electron chi connectivity index (χ4n) is 1.76. The van der Waals surface area contributed by atoms with Crippen LogP contribution in [-0.4, -0.2) is 15.8 Å². The van der Waals surface area contributed by atoms with Crippen LogP contribution in [0.25, 0.3) is 10.9 Å². The monoisotopic (exact) mass is 223 g/mol. The summed E-state index contributed by atoms with van der Waals surface area (Å²) < 4.78 is 1.89. The number of para-hydroxylation sites is 1. The summed E-state index contributed by atoms with van der Waals surface area (Å²) in [6.45, 7) is 4.63. The van der Waals surface area contributed by atoms with Gasteiger partial charge in [0.1, 0.15) is 0 Å². The van der Waals surface area contributed by atoms with Gasteiger partial charge in [0.05, 0.1) is 22.8 Å². The molecule has 0 bridgehead atoms. The minimum Gasteiger partial charge on any atom is -0.326 e. The molecule has 2 N–H and O–H groups in total. The van der Waals surface area contributed by atoms with Crippen LogP contribution in [0.15, 0.2) is 18.2 Å². The van der Waals surface area contributed by atoms with E-state index in [0.717, 1.165) is 21.6 Å². The predicted octanol–water partition coefficient (Wildman–Crippen LogP) is 2.35. The molecule has 0 fully saturated rings. The number of hydrogen-bond donors (Lipinski definition) is 1. The smallest absolute Gasteiger partial charge is 0.0872 e. The molecule has 0 saturated carbocycles. The number of fused-ring (bicyclic) bond motifs is 1. The van der Waals surface area contributed by atoms with E-state index in [2.05, 4.69) is 5.10 Å². The number of nitrogens with zero attached hydrogens (tertiary/aromatic N) is 2. The Morgan fingerprint density at radius 1 is 1.53 bits per heavy atom. The van der Waals surface area contributed by atoms with Crippen LogP contribution in [0.1, 0.15) is 12.6 Å². The van der Waals surface area contributed by atoms with Gasteiger partial charge in [0.15, 0.2) is 0 Å². The number of halogens is 1. The molecule has 1 aromatic heterocycles. The van der Waals surface area contributed by atoms with Crippen LogP contribution in [0.3, 0.4) is 0 Å². The van der Waals surface area contributed by atoms with Gasteiger partial charge in [-0.3, -0.25) is 4.68 Å². The molecule has 2 rings (SSSR count). The summed E-state index contributed by atoms with van der Waals surface area (Å²) in [5, 5.41) is 6.27. The third-order valence-corrected chi connectivity index (χ3v) is 2.67. The van der Waals surface area contributed by atoms with E-state index in [9.17, 15) is 0 Å². The molecule has 0 spiro atoms. The first kappa shape index (κ1) is 10.5. The van der Waals surface area contributed by atoms with E-state index in [1.165, 1.54) is 0 Å². The third-order valence-electron chi connectivity index (χ3n) is 2.37. The SMILES string of the molecule is Cc1nn(CC(C)N)c2c(Cl)cccc12. The van der Waals surface area contributed by atoms with Gasteiger partial charge in [0, 0.05) is 11.4 Å². The van der Waals surface area contributed by atoms with Crippen LogP contribution in [0.5, 0.6) is 0 Å². The van der Waals surface area contributed by atoms with Crippen molar-refractivity contribution in [2.45, 2.75) is 26.4 Å². The molecule has 1 aromatic carbocycles. The lowest BCUT2D eigenvalue weighted by Gasteiger charge is -2.07. The van der Waals surface area contributed by atoms with Crippen LogP contribution in [0.4, 0.5) is 0 Å². The lowest BCUT2D eigenvalue weighted by atomic mass is 10.2. The Morgan fingerprint density at radius 3 is 2.93 bits per heavy atom. The summed E-state index contributed by atoms with van der Waals surface area (Å²) >= 11 is 6.16. The van der Waals surface area contributed by atoms with E-state index in [1.807, 2.05) is 36.7 Å². The van der Waals surface area contributed by atoms with Crippen LogP contribution in [0.2, 0.25) is 5.02 Å². The number of aromatic nitrogens is 2. The van der Waals surface area contributed by atoms with Crippen LogP contribution in [0, 0.1) is 6.92 Å². The average molecular weight is 224 g/mol. The van der Waals surface area contributed by atoms with E-state index < -0.39 is 0 Å². The highest BCUT2D eigenvalue weighted by atomic mass is 35.5. The molecule has 0 saturated heterocycles. The Kier molecular flexibility index (Phi) is 2.67. The van der Waals surface area contributed by atoms with Crippen molar-refractivity contribution in [2.75, 3.05) is 0 Å². The highest BCUT2D eigenvalue weighted by Crippen LogP contribution is 2.25. The fraction of sp³-hybridized carbons (Fsp3) is 0.364. The molecule has 0 aliphatic heterocycles. The molecular weight excluding hydrogens is 210 g/mol. The molecule has 0 aliphatic carbocycles. The van der Waals surface area contributed by atoms with Crippen molar-refractivity contribution in [2.24, 2.45) is 5.73 Å². The van der Waals surface area contributed by atoms with Crippen molar-refractivity contribution in [3.8, 4) is 0 Å². The maximum absolute atomic E-state index is 6.16. The van der Waals surface area contributed by atoms with Crippen LogP contribution < -0.4 is 5.73 Å². The molecule has 80 valence electrons. The topological polar surface area (TPSA) is 43.8 Å². The predicted molar refractivity (Wildman–Crippen MR) is 63.1 cm³/mol. The molecular formula is C11H14ClN3. The van der Waals surface area contributed by atoms with E-state index in [-0.39, 0.29) is 6.04 Å². The highest BCUT2D eigenvalue weighted by Gasteiger charge is 2.10. The lowest BCUT2D eigenvalue weighted by Crippen LogP contribution is -2.22. The quantitative estimate of drug-likeness (QED) is 0.850. The molecule has 2 aromatic rings. The van der Waals surface area contributed by atoms with E-state index >= 15 is 0 Å². The molecule has 15 heavy (non-hydrogen) atoms. The molecule has 0 aliphatic rings. The van der Waals surface area contributed by atoms with E-state index in [4.69, 9.17) is 17.3 Å². The van der Waals surface area contributed by atoms with E-state index in [0.29, 0.717) is 6.54 Å². The second-order valence-corrected chi connectivity index (χ2v) is 4.29. The van der Waals surface area contributed by atoms with Crippen molar-refractivity contribution in [3.05, 3.63) is 28.9 Å². The van der Waals surface area contributed by atoms with Crippen molar-refractivity contribution < 1.29 is 0 Å². The molecule has 3 nitrogen and oxygen atoms in total. The van der Waals surface area contributed by atoms with Gasteiger partial charge < -0.3 is 5.73 Å². The largest absolute Gasteiger partial charge is 0.326 e. The van der Waals surface area contributed by atoms with Gasteiger partial charge in [-0.1, -0.05) is 23.7 Å². The molecule has 4 heteroatoms. The molecule has 0 amide bonds. The minimum absolute atomic E-state index is 0.0729. The van der Waals surface area contributed by atoms with Crippen molar-refractivity contribution in [1.29, 1.82) is 0 Å². The number of hydrogen-bond acceptors (Lipinski definition) is 2. The fourth-order valence-corrected chi connectivity index (χ4v) is 2.03. The second-order valence-electron chi connectivity index (χ2n) is 3.88. The molecule has 1 heterocycles. The van der Waals surface area contributed by atoms with Gasteiger partial charge in [-0.25, -0.2) is 0 Å². The Bertz CT molecular complexity index is 488. The first-order valence-electron chi connectivity index (χ1n) is 4.97. The summed E-state index contributed by atoms with van der Waals surface area (Å²) in [4.78, 5) is 0. The standard InChI is InChI=1S/C11H14ClN3/c1-7(13)6-15-11-9(8(2)14-15)4-3-5-10(11)12/h3-5,7H,6,13H2,1-2H3. The summed E-state index contributed by atoms with van der Waals surface area (Å²) in [7, 11) is 0. The van der Waals surface area contributed by atoms with Gasteiger partial charge in [-0.2, -0.15) is 5.10 Å². The number of aryl methyl sites for hydroxylation is 1. The van der Waals surface area contributed by atoms with E-state index in [1.54, 1.807) is 0 Å². The Balaban J connectivity index is 2.65. The van der Waals surface area contributed by atoms with Gasteiger partial charge in [0.25, 0.3) is 0 Å². The van der Waals surface area contributed by atoms with Gasteiger partial charge >= 0.3 is 0 Å². The molecule has 1 atom stereocenters. The second kappa shape index (κ2) is 3.83. The zero-order chi connectivity index (χ0) is 11.0.